The number of carbonyl (C=O) groups is 1. The predicted molar refractivity (Wildman–Crippen MR) is 97.8 cm³/mol. The quantitative estimate of drug-likeness (QED) is 0.747. The van der Waals surface area contributed by atoms with Gasteiger partial charge >= 0.3 is 0 Å². The number of likely N-dealkylation sites (N-methyl/N-ethyl adjacent to an activating group) is 1. The van der Waals surface area contributed by atoms with Gasteiger partial charge < -0.3 is 15.0 Å². The van der Waals surface area contributed by atoms with Gasteiger partial charge in [0, 0.05) is 18.2 Å². The van der Waals surface area contributed by atoms with Gasteiger partial charge in [0.2, 0.25) is 0 Å². The third-order valence-electron chi connectivity index (χ3n) is 4.18. The first-order valence-corrected chi connectivity index (χ1v) is 8.23. The molecular formula is C20H25FN2O2. The zero-order valence-electron chi connectivity index (χ0n) is 15.2. The lowest BCUT2D eigenvalue weighted by atomic mass is 10.0. The highest BCUT2D eigenvalue weighted by atomic mass is 19.1. The molecule has 0 spiro atoms. The average molecular weight is 344 g/mol. The van der Waals surface area contributed by atoms with E-state index in [1.165, 1.54) is 30.4 Å². The van der Waals surface area contributed by atoms with Crippen molar-refractivity contribution < 1.29 is 13.9 Å². The molecule has 134 valence electrons. The Kier molecular flexibility index (Phi) is 6.67. The third-order valence-corrected chi connectivity index (χ3v) is 4.18. The first-order valence-electron chi connectivity index (χ1n) is 8.23. The van der Waals surface area contributed by atoms with Crippen LogP contribution in [0.15, 0.2) is 42.5 Å². The molecule has 0 aliphatic heterocycles. The van der Waals surface area contributed by atoms with Crippen molar-refractivity contribution in [3.05, 3.63) is 65.0 Å². The summed E-state index contributed by atoms with van der Waals surface area (Å²) in [5, 5.41) is 3.18. The Bertz CT molecular complexity index is 714. The van der Waals surface area contributed by atoms with Crippen molar-refractivity contribution >= 4 is 5.78 Å². The fourth-order valence-corrected chi connectivity index (χ4v) is 2.65. The van der Waals surface area contributed by atoms with Gasteiger partial charge in [0.25, 0.3) is 0 Å². The fourth-order valence-electron chi connectivity index (χ4n) is 2.65. The van der Waals surface area contributed by atoms with Crippen LogP contribution in [0.25, 0.3) is 0 Å². The maximum absolute atomic E-state index is 13.7. The lowest BCUT2D eigenvalue weighted by Crippen LogP contribution is -2.33. The molecule has 25 heavy (non-hydrogen) atoms. The fraction of sp³-hybridized carbons (Fsp3) is 0.350. The molecule has 0 radical (unpaired) electrons. The third kappa shape index (κ3) is 5.11. The monoisotopic (exact) mass is 344 g/mol. The van der Waals surface area contributed by atoms with Crippen molar-refractivity contribution in [1.82, 2.24) is 10.2 Å². The topological polar surface area (TPSA) is 41.6 Å². The van der Waals surface area contributed by atoms with E-state index in [2.05, 4.69) is 41.4 Å². The number of halogens is 1. The average Bonchev–Trinajstić information content (AvgIpc) is 2.59. The highest BCUT2D eigenvalue weighted by Crippen LogP contribution is 2.19. The SMILES string of the molecule is COc1ccc(C(=O)CNCC(c2ccc(C)cc2)N(C)C)cc1F. The first-order chi connectivity index (χ1) is 11.9. The number of nitrogens with zero attached hydrogens (tertiary/aromatic N) is 1. The molecule has 0 aliphatic rings. The Labute approximate surface area is 148 Å². The molecule has 1 atom stereocenters. The van der Waals surface area contributed by atoms with Crippen LogP contribution in [0.5, 0.6) is 5.75 Å². The summed E-state index contributed by atoms with van der Waals surface area (Å²) in [6.45, 7) is 2.84. The molecule has 0 saturated heterocycles. The number of benzene rings is 2. The number of methoxy groups -OCH3 is 1. The molecule has 0 saturated carbocycles. The molecule has 0 fully saturated rings. The van der Waals surface area contributed by atoms with Gasteiger partial charge in [0.1, 0.15) is 0 Å². The summed E-state index contributed by atoms with van der Waals surface area (Å²) >= 11 is 0. The van der Waals surface area contributed by atoms with Gasteiger partial charge in [-0.3, -0.25) is 4.79 Å². The maximum atomic E-state index is 13.7. The smallest absolute Gasteiger partial charge is 0.176 e. The van der Waals surface area contributed by atoms with Crippen molar-refractivity contribution in [2.45, 2.75) is 13.0 Å². The number of hydrogen-bond donors (Lipinski definition) is 1. The van der Waals surface area contributed by atoms with Gasteiger partial charge in [0.15, 0.2) is 17.3 Å². The lowest BCUT2D eigenvalue weighted by molar-refractivity contribution is 0.0988. The van der Waals surface area contributed by atoms with E-state index < -0.39 is 5.82 Å². The van der Waals surface area contributed by atoms with Crippen molar-refractivity contribution in [2.24, 2.45) is 0 Å². The predicted octanol–water partition coefficient (Wildman–Crippen LogP) is 3.22. The van der Waals surface area contributed by atoms with Crippen LogP contribution in [0, 0.1) is 12.7 Å². The summed E-state index contributed by atoms with van der Waals surface area (Å²) in [5.74, 6) is -0.543. The van der Waals surface area contributed by atoms with E-state index in [9.17, 15) is 9.18 Å². The van der Waals surface area contributed by atoms with Gasteiger partial charge in [-0.05, 0) is 44.8 Å². The molecule has 2 aromatic carbocycles. The molecule has 0 heterocycles. The second-order valence-electron chi connectivity index (χ2n) is 6.29. The van der Waals surface area contributed by atoms with Crippen LogP contribution in [0.3, 0.4) is 0 Å². The van der Waals surface area contributed by atoms with E-state index in [1.54, 1.807) is 6.07 Å². The van der Waals surface area contributed by atoms with Gasteiger partial charge in [-0.15, -0.1) is 0 Å². The van der Waals surface area contributed by atoms with Crippen LogP contribution in [-0.4, -0.2) is 45.0 Å². The molecule has 4 nitrogen and oxygen atoms in total. The normalized spacial score (nSPS) is 12.2. The Morgan fingerprint density at radius 3 is 2.44 bits per heavy atom. The van der Waals surface area contributed by atoms with Crippen LogP contribution < -0.4 is 10.1 Å². The number of aryl methyl sites for hydroxylation is 1. The van der Waals surface area contributed by atoms with Gasteiger partial charge in [-0.25, -0.2) is 4.39 Å². The van der Waals surface area contributed by atoms with Crippen LogP contribution in [0.1, 0.15) is 27.5 Å². The minimum atomic E-state index is -0.529. The molecule has 5 heteroatoms. The highest BCUT2D eigenvalue weighted by Gasteiger charge is 2.15. The van der Waals surface area contributed by atoms with Crippen LogP contribution in [0.4, 0.5) is 4.39 Å². The number of nitrogens with one attached hydrogen (secondary N) is 1. The van der Waals surface area contributed by atoms with Crippen molar-refractivity contribution in [3.63, 3.8) is 0 Å². The Morgan fingerprint density at radius 1 is 1.20 bits per heavy atom. The van der Waals surface area contributed by atoms with Crippen LogP contribution >= 0.6 is 0 Å². The summed E-state index contributed by atoms with van der Waals surface area (Å²) in [4.78, 5) is 14.4. The maximum Gasteiger partial charge on any atom is 0.176 e. The van der Waals surface area contributed by atoms with Crippen LogP contribution in [-0.2, 0) is 0 Å². The van der Waals surface area contributed by atoms with E-state index in [1.807, 2.05) is 14.1 Å². The van der Waals surface area contributed by atoms with Gasteiger partial charge in [-0.1, -0.05) is 29.8 Å². The van der Waals surface area contributed by atoms with Crippen molar-refractivity contribution in [1.29, 1.82) is 0 Å². The van der Waals surface area contributed by atoms with Crippen molar-refractivity contribution in [3.8, 4) is 5.75 Å². The molecule has 1 N–H and O–H groups in total. The highest BCUT2D eigenvalue weighted by molar-refractivity contribution is 5.97. The second-order valence-corrected chi connectivity index (χ2v) is 6.29. The number of ketones is 1. The molecule has 1 unspecified atom stereocenters. The van der Waals surface area contributed by atoms with E-state index in [0.29, 0.717) is 12.1 Å². The zero-order chi connectivity index (χ0) is 18.4. The summed E-state index contributed by atoms with van der Waals surface area (Å²) in [6, 6.07) is 12.8. The summed E-state index contributed by atoms with van der Waals surface area (Å²) in [5.41, 5.74) is 2.74. The number of Topliss-reactive ketones (excluding diaryl/α,β-unsaturated/α-hetero) is 1. The molecule has 2 aromatic rings. The number of ether oxygens (including phenoxy) is 1. The summed E-state index contributed by atoms with van der Waals surface area (Å²) < 4.78 is 18.6. The lowest BCUT2D eigenvalue weighted by Gasteiger charge is -2.25. The Morgan fingerprint density at radius 2 is 1.88 bits per heavy atom. The van der Waals surface area contributed by atoms with E-state index in [-0.39, 0.29) is 24.1 Å². The molecule has 0 amide bonds. The molecule has 0 bridgehead atoms. The number of carbonyl (C=O) groups excluding carboxylic acids is 1. The molecule has 0 aromatic heterocycles. The van der Waals surface area contributed by atoms with Crippen molar-refractivity contribution in [2.75, 3.05) is 34.3 Å². The standard InChI is InChI=1S/C20H25FN2O2/c1-14-5-7-15(8-6-14)18(23(2)3)12-22-13-19(24)16-9-10-20(25-4)17(21)11-16/h5-11,18,22H,12-13H2,1-4H3. The molecular weight excluding hydrogens is 319 g/mol. The molecule has 2 rings (SSSR count). The Hall–Kier alpha value is -2.24. The zero-order valence-corrected chi connectivity index (χ0v) is 15.2. The number of hydrogen-bond acceptors (Lipinski definition) is 4. The summed E-state index contributed by atoms with van der Waals surface area (Å²) in [6.07, 6.45) is 0. The minimum absolute atomic E-state index is 0.136. The van der Waals surface area contributed by atoms with Gasteiger partial charge in [0.05, 0.1) is 13.7 Å². The van der Waals surface area contributed by atoms with Crippen LogP contribution in [0.2, 0.25) is 0 Å². The van der Waals surface area contributed by atoms with E-state index in [0.717, 1.165) is 0 Å². The summed E-state index contributed by atoms with van der Waals surface area (Å²) in [7, 11) is 5.41. The minimum Gasteiger partial charge on any atom is -0.494 e. The number of rotatable bonds is 8. The molecule has 0 aliphatic carbocycles. The van der Waals surface area contributed by atoms with E-state index in [4.69, 9.17) is 4.74 Å². The first kappa shape index (κ1) is 19.1. The van der Waals surface area contributed by atoms with E-state index >= 15 is 0 Å². The second kappa shape index (κ2) is 8.74. The largest absolute Gasteiger partial charge is 0.494 e. The van der Waals surface area contributed by atoms with Gasteiger partial charge in [-0.2, -0.15) is 0 Å². The Balaban J connectivity index is 1.96.